The van der Waals surface area contributed by atoms with Crippen LogP contribution in [0.25, 0.3) is 0 Å². The van der Waals surface area contributed by atoms with Crippen molar-refractivity contribution in [1.82, 2.24) is 5.32 Å². The third-order valence-corrected chi connectivity index (χ3v) is 2.82. The first kappa shape index (κ1) is 12.4. The van der Waals surface area contributed by atoms with Crippen molar-refractivity contribution in [3.63, 3.8) is 0 Å². The lowest BCUT2D eigenvalue weighted by molar-refractivity contribution is -0.123. The fraction of sp³-hybridized carbons (Fsp3) is 0.385. The molecule has 0 bridgehead atoms. The molecule has 1 atom stereocenters. The van der Waals surface area contributed by atoms with Gasteiger partial charge in [-0.3, -0.25) is 10.1 Å². The van der Waals surface area contributed by atoms with E-state index in [0.717, 1.165) is 11.3 Å². The highest BCUT2D eigenvalue weighted by Gasteiger charge is 2.40. The van der Waals surface area contributed by atoms with Crippen LogP contribution in [0.5, 0.6) is 5.75 Å². The van der Waals surface area contributed by atoms with Gasteiger partial charge in [0.05, 0.1) is 6.10 Å². The summed E-state index contributed by atoms with van der Waals surface area (Å²) in [5, 5.41) is 2.51. The van der Waals surface area contributed by atoms with Gasteiger partial charge in [0.2, 0.25) is 0 Å². The molecule has 3 N–H and O–H groups in total. The molecule has 1 unspecified atom stereocenters. The number of nitrogens with two attached hydrogens (primary N) is 1. The maximum absolute atomic E-state index is 11.8. The highest BCUT2D eigenvalue weighted by molar-refractivity contribution is 6.06. The SMILES string of the molecule is CC(C)Oc1ccc(C2(C)N=C(N)NC2=O)cc1. The summed E-state index contributed by atoms with van der Waals surface area (Å²) in [5.41, 5.74) is 5.37. The van der Waals surface area contributed by atoms with Crippen molar-refractivity contribution in [2.45, 2.75) is 32.4 Å². The number of ether oxygens (including phenoxy) is 1. The molecule has 5 heteroatoms. The van der Waals surface area contributed by atoms with Gasteiger partial charge in [0.25, 0.3) is 5.91 Å². The van der Waals surface area contributed by atoms with Gasteiger partial charge in [0.15, 0.2) is 11.5 Å². The second kappa shape index (κ2) is 4.33. The van der Waals surface area contributed by atoms with E-state index >= 15 is 0 Å². The Morgan fingerprint density at radius 1 is 1.33 bits per heavy atom. The predicted molar refractivity (Wildman–Crippen MR) is 69.3 cm³/mol. The van der Waals surface area contributed by atoms with Crippen molar-refractivity contribution in [1.29, 1.82) is 0 Å². The van der Waals surface area contributed by atoms with Gasteiger partial charge in [-0.05, 0) is 38.5 Å². The monoisotopic (exact) mass is 247 g/mol. The highest BCUT2D eigenvalue weighted by atomic mass is 16.5. The van der Waals surface area contributed by atoms with Crippen LogP contribution in [0.1, 0.15) is 26.3 Å². The molecule has 1 aromatic carbocycles. The summed E-state index contributed by atoms with van der Waals surface area (Å²) in [6.07, 6.45) is 0.120. The Labute approximate surface area is 106 Å². The molecule has 0 spiro atoms. The van der Waals surface area contributed by atoms with Crippen LogP contribution in [-0.4, -0.2) is 18.0 Å². The van der Waals surface area contributed by atoms with E-state index in [4.69, 9.17) is 10.5 Å². The van der Waals surface area contributed by atoms with Crippen LogP contribution < -0.4 is 15.8 Å². The Morgan fingerprint density at radius 2 is 1.94 bits per heavy atom. The average Bonchev–Trinajstić information content (AvgIpc) is 2.53. The number of hydrogen-bond donors (Lipinski definition) is 2. The molecule has 0 radical (unpaired) electrons. The predicted octanol–water partition coefficient (Wildman–Crippen LogP) is 1.13. The molecule has 0 fully saturated rings. The summed E-state index contributed by atoms with van der Waals surface area (Å²) in [6, 6.07) is 7.33. The minimum absolute atomic E-state index is 0.120. The number of rotatable bonds is 3. The lowest BCUT2D eigenvalue weighted by Gasteiger charge is -2.18. The zero-order valence-electron chi connectivity index (χ0n) is 10.7. The quantitative estimate of drug-likeness (QED) is 0.840. The van der Waals surface area contributed by atoms with Crippen LogP contribution in [-0.2, 0) is 10.3 Å². The number of nitrogens with one attached hydrogen (secondary N) is 1. The van der Waals surface area contributed by atoms with E-state index in [2.05, 4.69) is 10.3 Å². The van der Waals surface area contributed by atoms with Crippen molar-refractivity contribution < 1.29 is 9.53 Å². The fourth-order valence-corrected chi connectivity index (χ4v) is 1.88. The molecule has 18 heavy (non-hydrogen) atoms. The van der Waals surface area contributed by atoms with E-state index < -0.39 is 5.54 Å². The number of benzene rings is 1. The molecule has 0 aromatic heterocycles. The number of amides is 1. The van der Waals surface area contributed by atoms with E-state index in [0.29, 0.717) is 0 Å². The minimum Gasteiger partial charge on any atom is -0.491 e. The smallest absolute Gasteiger partial charge is 0.259 e. The molecule has 96 valence electrons. The van der Waals surface area contributed by atoms with E-state index in [1.54, 1.807) is 6.92 Å². The number of hydrogen-bond acceptors (Lipinski definition) is 4. The molecule has 1 heterocycles. The van der Waals surface area contributed by atoms with E-state index in [9.17, 15) is 4.79 Å². The van der Waals surface area contributed by atoms with Gasteiger partial charge in [-0.2, -0.15) is 0 Å². The van der Waals surface area contributed by atoms with Crippen molar-refractivity contribution in [3.8, 4) is 5.75 Å². The van der Waals surface area contributed by atoms with E-state index in [1.807, 2.05) is 38.1 Å². The lowest BCUT2D eigenvalue weighted by Crippen LogP contribution is -2.37. The molecule has 5 nitrogen and oxygen atoms in total. The normalized spacial score (nSPS) is 22.9. The van der Waals surface area contributed by atoms with Crippen LogP contribution in [0.3, 0.4) is 0 Å². The van der Waals surface area contributed by atoms with Crippen LogP contribution >= 0.6 is 0 Å². The number of nitrogens with zero attached hydrogens (tertiary/aromatic N) is 1. The number of guanidine groups is 1. The summed E-state index contributed by atoms with van der Waals surface area (Å²) in [4.78, 5) is 16.0. The Morgan fingerprint density at radius 3 is 2.39 bits per heavy atom. The van der Waals surface area contributed by atoms with Gasteiger partial charge in [-0.15, -0.1) is 0 Å². The van der Waals surface area contributed by atoms with Gasteiger partial charge in [-0.1, -0.05) is 12.1 Å². The first-order valence-electron chi connectivity index (χ1n) is 5.86. The molecule has 2 rings (SSSR count). The standard InChI is InChI=1S/C13H17N3O2/c1-8(2)18-10-6-4-9(5-7-10)13(3)11(17)15-12(14)16-13/h4-8H,1-3H3,(H3,14,15,16,17). The van der Waals surface area contributed by atoms with Crippen LogP contribution in [0.15, 0.2) is 29.3 Å². The van der Waals surface area contributed by atoms with Gasteiger partial charge >= 0.3 is 0 Å². The molecule has 1 aliphatic heterocycles. The molecule has 1 amide bonds. The Bertz CT molecular complexity index is 493. The third-order valence-electron chi connectivity index (χ3n) is 2.82. The van der Waals surface area contributed by atoms with E-state index in [1.165, 1.54) is 0 Å². The molecule has 0 saturated carbocycles. The third kappa shape index (κ3) is 2.16. The summed E-state index contributed by atoms with van der Waals surface area (Å²) >= 11 is 0. The zero-order valence-corrected chi connectivity index (χ0v) is 10.7. The summed E-state index contributed by atoms with van der Waals surface area (Å²) < 4.78 is 5.55. The molecule has 1 aromatic rings. The molecular weight excluding hydrogens is 230 g/mol. The Kier molecular flexibility index (Phi) is 2.98. The number of aliphatic imine (C=N–C) groups is 1. The van der Waals surface area contributed by atoms with Gasteiger partial charge in [-0.25, -0.2) is 4.99 Å². The lowest BCUT2D eigenvalue weighted by atomic mass is 9.92. The average molecular weight is 247 g/mol. The molecular formula is C13H17N3O2. The van der Waals surface area contributed by atoms with Crippen molar-refractivity contribution in [2.75, 3.05) is 0 Å². The topological polar surface area (TPSA) is 76.7 Å². The zero-order chi connectivity index (χ0) is 13.3. The van der Waals surface area contributed by atoms with Crippen molar-refractivity contribution in [2.24, 2.45) is 10.7 Å². The first-order chi connectivity index (χ1) is 8.41. The first-order valence-corrected chi connectivity index (χ1v) is 5.86. The largest absolute Gasteiger partial charge is 0.491 e. The fourth-order valence-electron chi connectivity index (χ4n) is 1.88. The Hall–Kier alpha value is -2.04. The summed E-state index contributed by atoms with van der Waals surface area (Å²) in [6.45, 7) is 5.66. The highest BCUT2D eigenvalue weighted by Crippen LogP contribution is 2.29. The Balaban J connectivity index is 2.27. The molecule has 0 saturated heterocycles. The number of carbonyl (C=O) groups is 1. The van der Waals surface area contributed by atoms with Crippen molar-refractivity contribution >= 4 is 11.9 Å². The van der Waals surface area contributed by atoms with Crippen LogP contribution in [0, 0.1) is 0 Å². The van der Waals surface area contributed by atoms with Gasteiger partial charge < -0.3 is 10.5 Å². The maximum atomic E-state index is 11.8. The second-order valence-corrected chi connectivity index (χ2v) is 4.71. The molecule has 1 aliphatic rings. The van der Waals surface area contributed by atoms with Gasteiger partial charge in [0, 0.05) is 0 Å². The van der Waals surface area contributed by atoms with Crippen LogP contribution in [0.4, 0.5) is 0 Å². The summed E-state index contributed by atoms with van der Waals surface area (Å²) in [5.74, 6) is 0.718. The maximum Gasteiger partial charge on any atom is 0.259 e. The second-order valence-electron chi connectivity index (χ2n) is 4.71. The molecule has 0 aliphatic carbocycles. The van der Waals surface area contributed by atoms with Crippen molar-refractivity contribution in [3.05, 3.63) is 29.8 Å². The van der Waals surface area contributed by atoms with E-state index in [-0.39, 0.29) is 18.0 Å². The number of carbonyl (C=O) groups excluding carboxylic acids is 1. The summed E-state index contributed by atoms with van der Waals surface area (Å²) in [7, 11) is 0. The minimum atomic E-state index is -0.944. The van der Waals surface area contributed by atoms with Crippen LogP contribution in [0.2, 0.25) is 0 Å². The van der Waals surface area contributed by atoms with Gasteiger partial charge in [0.1, 0.15) is 5.75 Å².